The zero-order chi connectivity index (χ0) is 14.6. The van der Waals surface area contributed by atoms with Crippen molar-refractivity contribution in [2.24, 2.45) is 0 Å². The maximum atomic E-state index is 11.4. The second-order valence-corrected chi connectivity index (χ2v) is 8.23. The van der Waals surface area contributed by atoms with E-state index in [2.05, 4.69) is 28.2 Å². The molecule has 0 bridgehead atoms. The van der Waals surface area contributed by atoms with E-state index < -0.39 is 9.84 Å². The van der Waals surface area contributed by atoms with Gasteiger partial charge in [0.25, 0.3) is 0 Å². The van der Waals surface area contributed by atoms with Crippen LogP contribution in [0.25, 0.3) is 0 Å². The van der Waals surface area contributed by atoms with E-state index in [9.17, 15) is 8.42 Å². The molecule has 1 aromatic rings. The van der Waals surface area contributed by atoms with Crippen LogP contribution in [-0.2, 0) is 16.4 Å². The Morgan fingerprint density at radius 2 is 2.25 bits per heavy atom. The number of benzene rings is 1. The number of ether oxygens (including phenoxy) is 1. The largest absolute Gasteiger partial charge is 0.493 e. The molecule has 1 N–H and O–H groups in total. The summed E-state index contributed by atoms with van der Waals surface area (Å²) in [5.41, 5.74) is 1.05. The molecule has 0 aliphatic carbocycles. The minimum atomic E-state index is -2.84. The molecule has 6 heteroatoms. The van der Waals surface area contributed by atoms with Crippen molar-refractivity contribution in [3.05, 3.63) is 28.2 Å². The molecule has 1 aromatic carbocycles. The highest BCUT2D eigenvalue weighted by molar-refractivity contribution is 9.10. The summed E-state index contributed by atoms with van der Waals surface area (Å²) in [5.74, 6) is 1.40. The Morgan fingerprint density at radius 1 is 1.45 bits per heavy atom. The Bertz CT molecular complexity index is 560. The van der Waals surface area contributed by atoms with E-state index in [0.29, 0.717) is 25.3 Å². The monoisotopic (exact) mass is 361 g/mol. The first-order chi connectivity index (χ1) is 9.50. The van der Waals surface area contributed by atoms with Gasteiger partial charge >= 0.3 is 0 Å². The van der Waals surface area contributed by atoms with Crippen LogP contribution in [0, 0.1) is 0 Å². The van der Waals surface area contributed by atoms with Crippen LogP contribution >= 0.6 is 15.9 Å². The van der Waals surface area contributed by atoms with Gasteiger partial charge in [-0.25, -0.2) is 8.42 Å². The molecule has 0 saturated carbocycles. The lowest BCUT2D eigenvalue weighted by Crippen LogP contribution is -2.29. The lowest BCUT2D eigenvalue weighted by atomic mass is 10.2. The highest BCUT2D eigenvalue weighted by Gasteiger charge is 2.27. The Labute approximate surface area is 129 Å². The normalized spacial score (nSPS) is 21.0. The molecular formula is C14H20BrNO3S. The summed E-state index contributed by atoms with van der Waals surface area (Å²) in [6.45, 7) is 3.38. The molecule has 0 amide bonds. The van der Waals surface area contributed by atoms with Gasteiger partial charge in [-0.05, 0) is 31.0 Å². The summed E-state index contributed by atoms with van der Waals surface area (Å²) in [7, 11) is -2.84. The third-order valence-corrected chi connectivity index (χ3v) is 5.56. The van der Waals surface area contributed by atoms with Gasteiger partial charge in [0.05, 0.1) is 18.1 Å². The van der Waals surface area contributed by atoms with E-state index in [1.165, 1.54) is 0 Å². The first-order valence-electron chi connectivity index (χ1n) is 6.85. The highest BCUT2D eigenvalue weighted by atomic mass is 79.9. The van der Waals surface area contributed by atoms with Gasteiger partial charge in [-0.1, -0.05) is 22.9 Å². The van der Waals surface area contributed by atoms with E-state index in [1.807, 2.05) is 18.2 Å². The van der Waals surface area contributed by atoms with E-state index in [1.54, 1.807) is 0 Å². The van der Waals surface area contributed by atoms with Crippen molar-refractivity contribution < 1.29 is 13.2 Å². The smallest absolute Gasteiger partial charge is 0.151 e. The third kappa shape index (κ3) is 4.46. The summed E-state index contributed by atoms with van der Waals surface area (Å²) in [5, 5.41) is 3.32. The SMILES string of the molecule is CCCOc1ccc(Br)cc1CNC1CCS(=O)(=O)C1. The van der Waals surface area contributed by atoms with Crippen molar-refractivity contribution in [1.82, 2.24) is 5.32 Å². The number of nitrogens with one attached hydrogen (secondary N) is 1. The van der Waals surface area contributed by atoms with Gasteiger partial charge in [0.2, 0.25) is 0 Å². The number of hydrogen-bond donors (Lipinski definition) is 1. The minimum absolute atomic E-state index is 0.0537. The van der Waals surface area contributed by atoms with Crippen LogP contribution in [0.1, 0.15) is 25.3 Å². The fourth-order valence-electron chi connectivity index (χ4n) is 2.25. The maximum Gasteiger partial charge on any atom is 0.151 e. The van der Waals surface area contributed by atoms with Gasteiger partial charge in [-0.15, -0.1) is 0 Å². The number of sulfone groups is 1. The zero-order valence-corrected chi connectivity index (χ0v) is 14.0. The molecule has 1 aliphatic rings. The predicted octanol–water partition coefficient (Wildman–Crippen LogP) is 2.51. The van der Waals surface area contributed by atoms with Gasteiger partial charge in [0.15, 0.2) is 9.84 Å². The van der Waals surface area contributed by atoms with Crippen LogP contribution in [0.15, 0.2) is 22.7 Å². The third-order valence-electron chi connectivity index (χ3n) is 3.30. The van der Waals surface area contributed by atoms with Gasteiger partial charge in [-0.2, -0.15) is 0 Å². The molecule has 1 unspecified atom stereocenters. The number of rotatable bonds is 6. The molecule has 112 valence electrons. The molecule has 1 fully saturated rings. The minimum Gasteiger partial charge on any atom is -0.493 e. The molecule has 20 heavy (non-hydrogen) atoms. The Balaban J connectivity index is 1.99. The van der Waals surface area contributed by atoms with Crippen molar-refractivity contribution in [3.63, 3.8) is 0 Å². The van der Waals surface area contributed by atoms with Crippen molar-refractivity contribution in [1.29, 1.82) is 0 Å². The zero-order valence-electron chi connectivity index (χ0n) is 11.6. The standard InChI is InChI=1S/C14H20BrNO3S/c1-2-6-19-14-4-3-12(15)8-11(14)9-16-13-5-7-20(17,18)10-13/h3-4,8,13,16H,2,5-7,9-10H2,1H3. The van der Waals surface area contributed by atoms with Crippen molar-refractivity contribution in [2.75, 3.05) is 18.1 Å². The Kier molecular flexibility index (Phi) is 5.46. The summed E-state index contributed by atoms with van der Waals surface area (Å²) in [6.07, 6.45) is 1.66. The predicted molar refractivity (Wildman–Crippen MR) is 83.8 cm³/mol. The first kappa shape index (κ1) is 15.8. The summed E-state index contributed by atoms with van der Waals surface area (Å²) in [4.78, 5) is 0. The summed E-state index contributed by atoms with van der Waals surface area (Å²) < 4.78 is 29.6. The van der Waals surface area contributed by atoms with Gasteiger partial charge < -0.3 is 10.1 Å². The molecule has 1 aliphatic heterocycles. The van der Waals surface area contributed by atoms with Gasteiger partial charge in [0, 0.05) is 22.6 Å². The molecule has 4 nitrogen and oxygen atoms in total. The molecule has 2 rings (SSSR count). The van der Waals surface area contributed by atoms with Crippen LogP contribution in [-0.4, -0.2) is 32.6 Å². The number of halogens is 1. The molecular weight excluding hydrogens is 342 g/mol. The number of hydrogen-bond acceptors (Lipinski definition) is 4. The van der Waals surface area contributed by atoms with E-state index in [-0.39, 0.29) is 11.8 Å². The summed E-state index contributed by atoms with van der Waals surface area (Å²) >= 11 is 3.46. The van der Waals surface area contributed by atoms with Crippen LogP contribution < -0.4 is 10.1 Å². The fraction of sp³-hybridized carbons (Fsp3) is 0.571. The average molecular weight is 362 g/mol. The second kappa shape index (κ2) is 6.91. The van der Waals surface area contributed by atoms with Crippen molar-refractivity contribution >= 4 is 25.8 Å². The molecule has 0 spiro atoms. The van der Waals surface area contributed by atoms with Crippen molar-refractivity contribution in [3.8, 4) is 5.75 Å². The quantitative estimate of drug-likeness (QED) is 0.845. The molecule has 0 aromatic heterocycles. The lowest BCUT2D eigenvalue weighted by molar-refractivity contribution is 0.312. The Hall–Kier alpha value is -0.590. The lowest BCUT2D eigenvalue weighted by Gasteiger charge is -2.15. The van der Waals surface area contributed by atoms with Crippen LogP contribution in [0.4, 0.5) is 0 Å². The molecule has 1 heterocycles. The summed E-state index contributed by atoms with van der Waals surface area (Å²) in [6, 6.07) is 5.97. The van der Waals surface area contributed by atoms with Gasteiger partial charge in [-0.3, -0.25) is 0 Å². The molecule has 1 atom stereocenters. The van der Waals surface area contributed by atoms with E-state index in [4.69, 9.17) is 4.74 Å². The van der Waals surface area contributed by atoms with Crippen molar-refractivity contribution in [2.45, 2.75) is 32.4 Å². The Morgan fingerprint density at radius 3 is 2.90 bits per heavy atom. The average Bonchev–Trinajstić information content (AvgIpc) is 2.75. The molecule has 1 saturated heterocycles. The van der Waals surface area contributed by atoms with Crippen LogP contribution in [0.2, 0.25) is 0 Å². The van der Waals surface area contributed by atoms with Gasteiger partial charge in [0.1, 0.15) is 5.75 Å². The highest BCUT2D eigenvalue weighted by Crippen LogP contribution is 2.24. The van der Waals surface area contributed by atoms with Crippen LogP contribution in [0.5, 0.6) is 5.75 Å². The second-order valence-electron chi connectivity index (χ2n) is 5.08. The molecule has 0 radical (unpaired) electrons. The van der Waals surface area contributed by atoms with Crippen LogP contribution in [0.3, 0.4) is 0 Å². The topological polar surface area (TPSA) is 55.4 Å². The van der Waals surface area contributed by atoms with E-state index >= 15 is 0 Å². The first-order valence-corrected chi connectivity index (χ1v) is 9.46. The van der Waals surface area contributed by atoms with E-state index in [0.717, 1.165) is 22.2 Å². The maximum absolute atomic E-state index is 11.4. The fourth-order valence-corrected chi connectivity index (χ4v) is 4.37.